The lowest BCUT2D eigenvalue weighted by molar-refractivity contribution is 0.0450. The highest BCUT2D eigenvalue weighted by Crippen LogP contribution is 2.09. The quantitative estimate of drug-likeness (QED) is 0.745. The first-order valence-corrected chi connectivity index (χ1v) is 5.14. The Morgan fingerprint density at radius 1 is 1.53 bits per heavy atom. The Balaban J connectivity index is 1.82. The van der Waals surface area contributed by atoms with Crippen LogP contribution < -0.4 is 5.32 Å². The Kier molecular flexibility index (Phi) is 3.29. The second-order valence-corrected chi connectivity index (χ2v) is 3.69. The number of hydrogen-bond donors (Lipinski definition) is 1. The van der Waals surface area contributed by atoms with Crippen molar-refractivity contribution in [1.29, 1.82) is 0 Å². The number of ether oxygens (including phenoxy) is 1. The van der Waals surface area contributed by atoms with E-state index in [1.807, 2.05) is 0 Å². The molecule has 2 rings (SSSR count). The van der Waals surface area contributed by atoms with Crippen LogP contribution in [0.25, 0.3) is 0 Å². The second kappa shape index (κ2) is 4.89. The van der Waals surface area contributed by atoms with Gasteiger partial charge in [0, 0.05) is 24.9 Å². The molecule has 15 heavy (non-hydrogen) atoms. The summed E-state index contributed by atoms with van der Waals surface area (Å²) < 4.78 is 5.21. The summed E-state index contributed by atoms with van der Waals surface area (Å²) in [6.45, 7) is 2.48. The van der Waals surface area contributed by atoms with Gasteiger partial charge in [0.2, 0.25) is 0 Å². The number of carbonyl (C=O) groups is 1. The summed E-state index contributed by atoms with van der Waals surface area (Å²) in [6.07, 6.45) is 4.27. The van der Waals surface area contributed by atoms with Crippen LogP contribution in [0, 0.1) is 5.92 Å². The summed E-state index contributed by atoms with van der Waals surface area (Å²) in [5.41, 5.74) is 0.566. The molecule has 0 saturated carbocycles. The first-order valence-electron chi connectivity index (χ1n) is 5.14. The third-order valence-electron chi connectivity index (χ3n) is 2.53. The Morgan fingerprint density at radius 3 is 3.00 bits per heavy atom. The van der Waals surface area contributed by atoms with E-state index in [1.165, 1.54) is 0 Å². The normalized spacial score (nSPS) is 20.1. The molecular weight excluding hydrogens is 192 g/mol. The highest BCUT2D eigenvalue weighted by Gasteiger charge is 2.16. The van der Waals surface area contributed by atoms with Gasteiger partial charge >= 0.3 is 5.97 Å². The molecule has 0 aliphatic carbocycles. The minimum absolute atomic E-state index is 0.260. The molecule has 1 N–H and O–H groups in total. The first-order chi connectivity index (χ1) is 7.36. The zero-order valence-electron chi connectivity index (χ0n) is 8.48. The molecule has 1 aliphatic rings. The molecule has 4 nitrogen and oxygen atoms in total. The predicted octanol–water partition coefficient (Wildman–Crippen LogP) is 0.848. The molecular formula is C11H14N2O2. The zero-order chi connectivity index (χ0) is 10.5. The van der Waals surface area contributed by atoms with E-state index in [2.05, 4.69) is 10.3 Å². The van der Waals surface area contributed by atoms with Crippen LogP contribution in [0.1, 0.15) is 16.8 Å². The Morgan fingerprint density at radius 2 is 2.33 bits per heavy atom. The lowest BCUT2D eigenvalue weighted by Crippen LogP contribution is -2.16. The Labute approximate surface area is 88.7 Å². The average molecular weight is 206 g/mol. The maximum absolute atomic E-state index is 11.5. The number of nitrogens with one attached hydrogen (secondary N) is 1. The maximum atomic E-state index is 11.5. The molecule has 1 aromatic heterocycles. The predicted molar refractivity (Wildman–Crippen MR) is 55.5 cm³/mol. The van der Waals surface area contributed by atoms with Crippen molar-refractivity contribution in [3.05, 3.63) is 30.1 Å². The average Bonchev–Trinajstić information content (AvgIpc) is 2.80. The van der Waals surface area contributed by atoms with Gasteiger partial charge in [-0.05, 0) is 25.1 Å². The van der Waals surface area contributed by atoms with E-state index in [-0.39, 0.29) is 5.97 Å². The summed E-state index contributed by atoms with van der Waals surface area (Å²) in [5, 5.41) is 3.23. The van der Waals surface area contributed by atoms with Gasteiger partial charge < -0.3 is 10.1 Å². The van der Waals surface area contributed by atoms with Crippen molar-refractivity contribution in [2.75, 3.05) is 19.7 Å². The number of nitrogens with zero attached hydrogens (tertiary/aromatic N) is 1. The fourth-order valence-electron chi connectivity index (χ4n) is 1.62. The van der Waals surface area contributed by atoms with Crippen molar-refractivity contribution in [2.45, 2.75) is 6.42 Å². The minimum Gasteiger partial charge on any atom is -0.462 e. The molecule has 1 aromatic rings. The maximum Gasteiger partial charge on any atom is 0.338 e. The summed E-state index contributed by atoms with van der Waals surface area (Å²) in [7, 11) is 0. The molecule has 1 aliphatic heterocycles. The van der Waals surface area contributed by atoms with Crippen LogP contribution in [0.4, 0.5) is 0 Å². The van der Waals surface area contributed by atoms with Gasteiger partial charge in [0.1, 0.15) is 0 Å². The highest BCUT2D eigenvalue weighted by molar-refractivity contribution is 5.89. The molecule has 80 valence electrons. The monoisotopic (exact) mass is 206 g/mol. The third kappa shape index (κ3) is 2.76. The van der Waals surface area contributed by atoms with Crippen LogP contribution in [0.2, 0.25) is 0 Å². The van der Waals surface area contributed by atoms with Gasteiger partial charge in [-0.2, -0.15) is 0 Å². The lowest BCUT2D eigenvalue weighted by atomic mass is 10.1. The van der Waals surface area contributed by atoms with Crippen molar-refractivity contribution in [1.82, 2.24) is 10.3 Å². The van der Waals surface area contributed by atoms with Crippen LogP contribution in [0.3, 0.4) is 0 Å². The van der Waals surface area contributed by atoms with Crippen molar-refractivity contribution in [3.8, 4) is 0 Å². The largest absolute Gasteiger partial charge is 0.462 e. The van der Waals surface area contributed by atoms with Gasteiger partial charge in [0.15, 0.2) is 0 Å². The van der Waals surface area contributed by atoms with Gasteiger partial charge in [0.25, 0.3) is 0 Å². The third-order valence-corrected chi connectivity index (χ3v) is 2.53. The molecule has 1 saturated heterocycles. The fourth-order valence-corrected chi connectivity index (χ4v) is 1.62. The van der Waals surface area contributed by atoms with Crippen LogP contribution in [-0.4, -0.2) is 30.6 Å². The number of rotatable bonds is 3. The first kappa shape index (κ1) is 10.1. The standard InChI is InChI=1S/C11H14N2O2/c14-11(10-2-5-12-6-3-10)15-8-9-1-4-13-7-9/h2-3,5-6,9,13H,1,4,7-8H2/t9-/m0/s1. The van der Waals surface area contributed by atoms with Crippen molar-refractivity contribution < 1.29 is 9.53 Å². The zero-order valence-corrected chi connectivity index (χ0v) is 8.48. The molecule has 2 heterocycles. The molecule has 0 unspecified atom stereocenters. The number of carbonyl (C=O) groups excluding carboxylic acids is 1. The number of pyridine rings is 1. The number of hydrogen-bond acceptors (Lipinski definition) is 4. The van der Waals surface area contributed by atoms with E-state index in [1.54, 1.807) is 24.5 Å². The molecule has 1 atom stereocenters. The van der Waals surface area contributed by atoms with Gasteiger partial charge in [-0.3, -0.25) is 4.98 Å². The lowest BCUT2D eigenvalue weighted by Gasteiger charge is -2.08. The van der Waals surface area contributed by atoms with Gasteiger partial charge in [0.05, 0.1) is 12.2 Å². The van der Waals surface area contributed by atoms with E-state index in [0.717, 1.165) is 19.5 Å². The molecule has 1 fully saturated rings. The van der Waals surface area contributed by atoms with Crippen molar-refractivity contribution in [2.24, 2.45) is 5.92 Å². The Hall–Kier alpha value is -1.42. The van der Waals surface area contributed by atoms with Crippen LogP contribution in [-0.2, 0) is 4.74 Å². The minimum atomic E-state index is -0.260. The smallest absolute Gasteiger partial charge is 0.338 e. The van der Waals surface area contributed by atoms with Crippen LogP contribution >= 0.6 is 0 Å². The molecule has 0 aromatic carbocycles. The topological polar surface area (TPSA) is 51.2 Å². The molecule has 0 bridgehead atoms. The van der Waals surface area contributed by atoms with Gasteiger partial charge in [-0.15, -0.1) is 0 Å². The van der Waals surface area contributed by atoms with Crippen molar-refractivity contribution >= 4 is 5.97 Å². The molecule has 0 radical (unpaired) electrons. The van der Waals surface area contributed by atoms with E-state index in [0.29, 0.717) is 18.1 Å². The van der Waals surface area contributed by atoms with E-state index in [9.17, 15) is 4.79 Å². The molecule has 0 spiro atoms. The molecule has 4 heteroatoms. The summed E-state index contributed by atoms with van der Waals surface area (Å²) in [5.74, 6) is 0.208. The highest BCUT2D eigenvalue weighted by atomic mass is 16.5. The fraction of sp³-hybridized carbons (Fsp3) is 0.455. The van der Waals surface area contributed by atoms with Crippen LogP contribution in [0.15, 0.2) is 24.5 Å². The van der Waals surface area contributed by atoms with E-state index in [4.69, 9.17) is 4.74 Å². The van der Waals surface area contributed by atoms with Gasteiger partial charge in [-0.25, -0.2) is 4.79 Å². The summed E-state index contributed by atoms with van der Waals surface area (Å²) in [6, 6.07) is 3.32. The van der Waals surface area contributed by atoms with Crippen LogP contribution in [0.5, 0.6) is 0 Å². The number of esters is 1. The Bertz CT molecular complexity index is 321. The molecule has 0 amide bonds. The van der Waals surface area contributed by atoms with Gasteiger partial charge in [-0.1, -0.05) is 0 Å². The van der Waals surface area contributed by atoms with E-state index < -0.39 is 0 Å². The van der Waals surface area contributed by atoms with E-state index >= 15 is 0 Å². The SMILES string of the molecule is O=C(OC[C@H]1CCNC1)c1ccncc1. The summed E-state index contributed by atoms with van der Waals surface area (Å²) in [4.78, 5) is 15.4. The van der Waals surface area contributed by atoms with Crippen molar-refractivity contribution in [3.63, 3.8) is 0 Å². The second-order valence-electron chi connectivity index (χ2n) is 3.69. The summed E-state index contributed by atoms with van der Waals surface area (Å²) >= 11 is 0. The number of aromatic nitrogens is 1.